The Hall–Kier alpha value is -2.95. The SMILES string of the molecule is CCCCn1c(=O)c(OCC(C)CCC)c(OCC=C(C)C)c2ccc(NC/C=C(\C)CCC=C(C)C)cc21. The first-order valence-corrected chi connectivity index (χ1v) is 14.8. The molecule has 2 rings (SSSR count). The Morgan fingerprint density at radius 1 is 0.974 bits per heavy atom. The number of nitrogens with one attached hydrogen (secondary N) is 1. The van der Waals surface area contributed by atoms with E-state index in [2.05, 4.69) is 77.2 Å². The zero-order valence-electron chi connectivity index (χ0n) is 25.8. The van der Waals surface area contributed by atoms with Crippen LogP contribution in [0.1, 0.15) is 93.9 Å². The summed E-state index contributed by atoms with van der Waals surface area (Å²) in [6, 6.07) is 6.21. The molecule has 1 N–H and O–H groups in total. The number of fused-ring (bicyclic) bond motifs is 1. The van der Waals surface area contributed by atoms with Crippen LogP contribution >= 0.6 is 0 Å². The molecule has 1 aromatic carbocycles. The fourth-order valence-electron chi connectivity index (χ4n) is 4.44. The van der Waals surface area contributed by atoms with Gasteiger partial charge >= 0.3 is 0 Å². The van der Waals surface area contributed by atoms with Crippen molar-refractivity contribution in [3.8, 4) is 11.5 Å². The molecule has 0 spiro atoms. The third-order valence-electron chi connectivity index (χ3n) is 6.77. The summed E-state index contributed by atoms with van der Waals surface area (Å²) in [6.07, 6.45) is 12.8. The van der Waals surface area contributed by atoms with E-state index in [1.807, 2.05) is 24.5 Å². The summed E-state index contributed by atoms with van der Waals surface area (Å²) in [5.41, 5.74) is 5.66. The summed E-state index contributed by atoms with van der Waals surface area (Å²) in [5.74, 6) is 1.25. The minimum absolute atomic E-state index is 0.112. The number of hydrogen-bond acceptors (Lipinski definition) is 4. The number of rotatable bonds is 17. The van der Waals surface area contributed by atoms with Gasteiger partial charge in [-0.1, -0.05) is 62.5 Å². The molecule has 0 amide bonds. The molecule has 0 aliphatic heterocycles. The van der Waals surface area contributed by atoms with Gasteiger partial charge < -0.3 is 19.4 Å². The molecular weight excluding hydrogens is 484 g/mol. The van der Waals surface area contributed by atoms with Gasteiger partial charge in [-0.3, -0.25) is 4.79 Å². The van der Waals surface area contributed by atoms with Crippen LogP contribution in [-0.2, 0) is 6.54 Å². The monoisotopic (exact) mass is 536 g/mol. The van der Waals surface area contributed by atoms with Gasteiger partial charge in [-0.05, 0) is 90.5 Å². The van der Waals surface area contributed by atoms with Gasteiger partial charge in [0.05, 0.1) is 12.1 Å². The predicted molar refractivity (Wildman–Crippen MR) is 169 cm³/mol. The average molecular weight is 537 g/mol. The van der Waals surface area contributed by atoms with E-state index in [9.17, 15) is 4.79 Å². The second-order valence-corrected chi connectivity index (χ2v) is 11.2. The molecule has 0 aliphatic rings. The fourth-order valence-corrected chi connectivity index (χ4v) is 4.44. The molecule has 1 heterocycles. The molecule has 0 aliphatic carbocycles. The maximum absolute atomic E-state index is 13.8. The molecule has 0 saturated heterocycles. The molecule has 0 saturated carbocycles. The minimum Gasteiger partial charge on any atom is -0.485 e. The Bertz CT molecular complexity index is 1200. The zero-order valence-corrected chi connectivity index (χ0v) is 25.8. The molecule has 0 radical (unpaired) electrons. The van der Waals surface area contributed by atoms with E-state index in [1.165, 1.54) is 16.7 Å². The van der Waals surface area contributed by atoms with E-state index in [1.54, 1.807) is 0 Å². The van der Waals surface area contributed by atoms with Gasteiger partial charge in [-0.2, -0.15) is 0 Å². The molecule has 0 bridgehead atoms. The largest absolute Gasteiger partial charge is 0.485 e. The first kappa shape index (κ1) is 32.3. The number of hydrogen-bond donors (Lipinski definition) is 1. The maximum Gasteiger partial charge on any atom is 0.297 e. The highest BCUT2D eigenvalue weighted by Crippen LogP contribution is 2.35. The van der Waals surface area contributed by atoms with Crippen molar-refractivity contribution in [2.75, 3.05) is 25.1 Å². The normalized spacial score (nSPS) is 12.3. The molecular formula is C34H52N2O3. The quantitative estimate of drug-likeness (QED) is 0.205. The number of allylic oxidation sites excluding steroid dienone is 4. The minimum atomic E-state index is -0.112. The molecule has 5 nitrogen and oxygen atoms in total. The Morgan fingerprint density at radius 3 is 2.38 bits per heavy atom. The smallest absolute Gasteiger partial charge is 0.297 e. The van der Waals surface area contributed by atoms with Crippen LogP contribution in [0, 0.1) is 5.92 Å². The highest BCUT2D eigenvalue weighted by molar-refractivity contribution is 5.90. The van der Waals surface area contributed by atoms with E-state index in [4.69, 9.17) is 9.47 Å². The Labute approximate surface area is 237 Å². The molecule has 1 atom stereocenters. The van der Waals surface area contributed by atoms with Gasteiger partial charge in [-0.25, -0.2) is 0 Å². The lowest BCUT2D eigenvalue weighted by atomic mass is 10.1. The van der Waals surface area contributed by atoms with Gasteiger partial charge in [-0.15, -0.1) is 0 Å². The van der Waals surface area contributed by atoms with Gasteiger partial charge in [0.1, 0.15) is 6.61 Å². The summed E-state index contributed by atoms with van der Waals surface area (Å²) in [7, 11) is 0. The van der Waals surface area contributed by atoms with Crippen LogP contribution in [0.15, 0.2) is 57.9 Å². The van der Waals surface area contributed by atoms with Crippen LogP contribution < -0.4 is 20.3 Å². The van der Waals surface area contributed by atoms with Crippen molar-refractivity contribution in [1.29, 1.82) is 0 Å². The van der Waals surface area contributed by atoms with Gasteiger partial charge in [0.2, 0.25) is 5.75 Å². The van der Waals surface area contributed by atoms with Gasteiger partial charge in [0, 0.05) is 24.2 Å². The summed E-state index contributed by atoms with van der Waals surface area (Å²) in [4.78, 5) is 13.8. The Morgan fingerprint density at radius 2 is 1.72 bits per heavy atom. The first-order valence-electron chi connectivity index (χ1n) is 14.8. The van der Waals surface area contributed by atoms with Gasteiger partial charge in [0.25, 0.3) is 5.56 Å². The lowest BCUT2D eigenvalue weighted by molar-refractivity contribution is 0.233. The average Bonchev–Trinajstić information content (AvgIpc) is 2.87. The van der Waals surface area contributed by atoms with Gasteiger partial charge in [0.15, 0.2) is 5.75 Å². The zero-order chi connectivity index (χ0) is 28.8. The van der Waals surface area contributed by atoms with Crippen molar-refractivity contribution in [2.45, 2.75) is 100 Å². The number of anilines is 1. The van der Waals surface area contributed by atoms with E-state index in [0.717, 1.165) is 61.7 Å². The number of ether oxygens (including phenoxy) is 2. The van der Waals surface area contributed by atoms with Crippen LogP contribution in [0.5, 0.6) is 11.5 Å². The van der Waals surface area contributed by atoms with E-state index in [-0.39, 0.29) is 5.56 Å². The predicted octanol–water partition coefficient (Wildman–Crippen LogP) is 9.07. The lowest BCUT2D eigenvalue weighted by Crippen LogP contribution is -2.25. The van der Waals surface area contributed by atoms with E-state index in [0.29, 0.717) is 37.2 Å². The molecule has 216 valence electrons. The standard InChI is InChI=1S/C34H52N2O3/c1-9-11-21-36-31-23-29(35-20-18-27(7)15-12-14-25(3)4)16-17-30(31)32(38-22-19-26(5)6)33(34(36)37)39-24-28(8)13-10-2/h14,16-19,23,28,35H,9-13,15,20-22,24H2,1-8H3/b27-18+. The number of benzene rings is 1. The molecule has 39 heavy (non-hydrogen) atoms. The maximum atomic E-state index is 13.8. The Balaban J connectivity index is 2.47. The van der Waals surface area contributed by atoms with Crippen molar-refractivity contribution in [3.63, 3.8) is 0 Å². The van der Waals surface area contributed by atoms with Crippen molar-refractivity contribution in [3.05, 3.63) is 63.5 Å². The van der Waals surface area contributed by atoms with Crippen molar-refractivity contribution < 1.29 is 9.47 Å². The molecule has 1 aromatic heterocycles. The van der Waals surface area contributed by atoms with E-state index >= 15 is 0 Å². The second kappa shape index (κ2) is 16.9. The summed E-state index contributed by atoms with van der Waals surface area (Å²) >= 11 is 0. The number of pyridine rings is 1. The summed E-state index contributed by atoms with van der Waals surface area (Å²) in [6.45, 7) is 19.3. The summed E-state index contributed by atoms with van der Waals surface area (Å²) in [5, 5.41) is 4.43. The number of nitrogens with zero attached hydrogens (tertiary/aromatic N) is 1. The third-order valence-corrected chi connectivity index (χ3v) is 6.77. The molecule has 2 aromatic rings. The van der Waals surface area contributed by atoms with Crippen molar-refractivity contribution in [2.24, 2.45) is 5.92 Å². The number of unbranched alkanes of at least 4 members (excludes halogenated alkanes) is 1. The molecule has 0 fully saturated rings. The van der Waals surface area contributed by atoms with Crippen LogP contribution in [0.3, 0.4) is 0 Å². The van der Waals surface area contributed by atoms with E-state index < -0.39 is 0 Å². The molecule has 5 heteroatoms. The number of aromatic nitrogens is 1. The topological polar surface area (TPSA) is 52.5 Å². The Kier molecular flexibility index (Phi) is 14.0. The van der Waals surface area contributed by atoms with Crippen LogP contribution in [0.25, 0.3) is 10.9 Å². The lowest BCUT2D eigenvalue weighted by Gasteiger charge is -2.20. The first-order chi connectivity index (χ1) is 18.7. The number of aryl methyl sites for hydroxylation is 1. The highest BCUT2D eigenvalue weighted by Gasteiger charge is 2.21. The van der Waals surface area contributed by atoms with Crippen LogP contribution in [-0.4, -0.2) is 24.3 Å². The second-order valence-electron chi connectivity index (χ2n) is 11.2. The highest BCUT2D eigenvalue weighted by atomic mass is 16.5. The molecule has 1 unspecified atom stereocenters. The summed E-state index contributed by atoms with van der Waals surface area (Å²) < 4.78 is 14.4. The fraction of sp³-hybridized carbons (Fsp3) is 0.559. The van der Waals surface area contributed by atoms with Crippen molar-refractivity contribution in [1.82, 2.24) is 4.57 Å². The van der Waals surface area contributed by atoms with Crippen molar-refractivity contribution >= 4 is 16.6 Å². The van der Waals surface area contributed by atoms with Crippen LogP contribution in [0.2, 0.25) is 0 Å². The third kappa shape index (κ3) is 10.6. The van der Waals surface area contributed by atoms with Crippen LogP contribution in [0.4, 0.5) is 5.69 Å².